The van der Waals surface area contributed by atoms with Gasteiger partial charge in [0.2, 0.25) is 0 Å². The number of anilines is 2. The molecular weight excluding hydrogens is 544 g/mol. The monoisotopic (exact) mass is 566 g/mol. The molecule has 0 saturated carbocycles. The molecule has 3 N–H and O–H groups in total. The predicted molar refractivity (Wildman–Crippen MR) is 147 cm³/mol. The zero-order valence-corrected chi connectivity index (χ0v) is 21.8. The van der Waals surface area contributed by atoms with Crippen molar-refractivity contribution in [3.63, 3.8) is 0 Å². The van der Waals surface area contributed by atoms with Crippen LogP contribution in [0, 0.1) is 0 Å². The van der Waals surface area contributed by atoms with Gasteiger partial charge in [0, 0.05) is 15.5 Å². The van der Waals surface area contributed by atoms with Gasteiger partial charge in [-0.25, -0.2) is 4.68 Å². The smallest absolute Gasteiger partial charge is 0.319 e. The van der Waals surface area contributed by atoms with E-state index < -0.39 is 17.7 Å². The van der Waals surface area contributed by atoms with Crippen LogP contribution in [0.15, 0.2) is 77.3 Å². The van der Waals surface area contributed by atoms with E-state index in [9.17, 15) is 14.4 Å². The Kier molecular flexibility index (Phi) is 8.07. The summed E-state index contributed by atoms with van der Waals surface area (Å²) >= 11 is 9.60. The van der Waals surface area contributed by atoms with Crippen LogP contribution in [-0.4, -0.2) is 22.4 Å². The Morgan fingerprint density at radius 1 is 0.917 bits per heavy atom. The SMILES string of the molecule is CCCCc1ccc(NC(=O)C(=O)Nn2c(C(=O)Nc3ccccc3Cl)cc3cc(Br)ccc32)cc1. The van der Waals surface area contributed by atoms with Crippen LogP contribution in [0.1, 0.15) is 35.8 Å². The van der Waals surface area contributed by atoms with Crippen molar-refractivity contribution in [3.8, 4) is 0 Å². The number of nitrogens with one attached hydrogen (secondary N) is 3. The van der Waals surface area contributed by atoms with Crippen molar-refractivity contribution < 1.29 is 14.4 Å². The average Bonchev–Trinajstić information content (AvgIpc) is 3.22. The minimum atomic E-state index is -0.919. The Morgan fingerprint density at radius 3 is 2.39 bits per heavy atom. The van der Waals surface area contributed by atoms with Gasteiger partial charge in [0.25, 0.3) is 5.91 Å². The number of benzene rings is 3. The van der Waals surface area contributed by atoms with Gasteiger partial charge >= 0.3 is 11.8 Å². The lowest BCUT2D eigenvalue weighted by Gasteiger charge is -2.13. The van der Waals surface area contributed by atoms with Crippen molar-refractivity contribution >= 4 is 67.5 Å². The molecule has 1 aromatic heterocycles. The molecule has 4 aromatic rings. The fourth-order valence-electron chi connectivity index (χ4n) is 3.70. The molecule has 0 fully saturated rings. The fraction of sp³-hybridized carbons (Fsp3) is 0.148. The van der Waals surface area contributed by atoms with E-state index in [1.165, 1.54) is 10.2 Å². The molecule has 0 spiro atoms. The van der Waals surface area contributed by atoms with Gasteiger partial charge in [0.1, 0.15) is 5.69 Å². The summed E-state index contributed by atoms with van der Waals surface area (Å²) in [6, 6.07) is 21.2. The van der Waals surface area contributed by atoms with Gasteiger partial charge < -0.3 is 10.6 Å². The van der Waals surface area contributed by atoms with Crippen LogP contribution in [0.4, 0.5) is 11.4 Å². The first-order valence-corrected chi connectivity index (χ1v) is 12.6. The van der Waals surface area contributed by atoms with Crippen LogP contribution in [-0.2, 0) is 16.0 Å². The van der Waals surface area contributed by atoms with E-state index in [-0.39, 0.29) is 5.69 Å². The summed E-state index contributed by atoms with van der Waals surface area (Å²) in [6.07, 6.45) is 3.14. The van der Waals surface area contributed by atoms with Crippen LogP contribution in [0.25, 0.3) is 10.9 Å². The van der Waals surface area contributed by atoms with Crippen molar-refractivity contribution in [3.05, 3.63) is 93.5 Å². The highest BCUT2D eigenvalue weighted by Crippen LogP contribution is 2.25. The number of unbranched alkanes of at least 4 members (excludes halogenated alkanes) is 1. The van der Waals surface area contributed by atoms with Crippen LogP contribution in [0.2, 0.25) is 5.02 Å². The number of aromatic nitrogens is 1. The second-order valence-electron chi connectivity index (χ2n) is 8.20. The fourth-order valence-corrected chi connectivity index (χ4v) is 4.26. The van der Waals surface area contributed by atoms with E-state index in [4.69, 9.17) is 11.6 Å². The number of hydrogen-bond acceptors (Lipinski definition) is 3. The number of fused-ring (bicyclic) bond motifs is 1. The number of carbonyl (C=O) groups excluding carboxylic acids is 3. The summed E-state index contributed by atoms with van der Waals surface area (Å²) in [4.78, 5) is 38.6. The number of halogens is 2. The lowest BCUT2D eigenvalue weighted by molar-refractivity contribution is -0.133. The summed E-state index contributed by atoms with van der Waals surface area (Å²) in [5, 5.41) is 6.42. The summed E-state index contributed by atoms with van der Waals surface area (Å²) in [6.45, 7) is 2.13. The average molecular weight is 568 g/mol. The van der Waals surface area contributed by atoms with E-state index >= 15 is 0 Å². The van der Waals surface area contributed by atoms with Crippen LogP contribution in [0.5, 0.6) is 0 Å². The number of amides is 3. The van der Waals surface area contributed by atoms with Crippen molar-refractivity contribution in [2.45, 2.75) is 26.2 Å². The van der Waals surface area contributed by atoms with Gasteiger partial charge in [-0.3, -0.25) is 19.8 Å². The molecule has 0 atom stereocenters. The molecule has 1 heterocycles. The zero-order valence-electron chi connectivity index (χ0n) is 19.5. The Labute approximate surface area is 221 Å². The predicted octanol–water partition coefficient (Wildman–Crippen LogP) is 6.36. The van der Waals surface area contributed by atoms with Gasteiger partial charge in [-0.05, 0) is 66.9 Å². The van der Waals surface area contributed by atoms with Crippen molar-refractivity contribution in [1.29, 1.82) is 0 Å². The Hall–Kier alpha value is -3.62. The van der Waals surface area contributed by atoms with Crippen LogP contribution in [0.3, 0.4) is 0 Å². The zero-order chi connectivity index (χ0) is 25.7. The molecule has 0 aliphatic carbocycles. The van der Waals surface area contributed by atoms with Crippen LogP contribution >= 0.6 is 27.5 Å². The molecule has 4 rings (SSSR count). The van der Waals surface area contributed by atoms with E-state index in [2.05, 4.69) is 38.9 Å². The molecule has 3 amide bonds. The van der Waals surface area contributed by atoms with Crippen molar-refractivity contribution in [2.24, 2.45) is 0 Å². The second kappa shape index (κ2) is 11.4. The quantitative estimate of drug-likeness (QED) is 0.227. The molecule has 36 heavy (non-hydrogen) atoms. The minimum Gasteiger partial charge on any atom is -0.319 e. The minimum absolute atomic E-state index is 0.129. The highest BCUT2D eigenvalue weighted by Gasteiger charge is 2.21. The van der Waals surface area contributed by atoms with Gasteiger partial charge in [0.15, 0.2) is 0 Å². The third-order valence-electron chi connectivity index (χ3n) is 5.57. The molecule has 9 heteroatoms. The highest BCUT2D eigenvalue weighted by atomic mass is 79.9. The Balaban J connectivity index is 1.55. The standard InChI is InChI=1S/C27H24BrClN4O3/c1-2-3-6-17-9-12-20(13-10-17)30-26(35)27(36)32-33-23-14-11-19(28)15-18(23)16-24(33)25(34)31-22-8-5-4-7-21(22)29/h4-5,7-16H,2-3,6H2,1H3,(H,30,35)(H,31,34)(H,32,36). The lowest BCUT2D eigenvalue weighted by Crippen LogP contribution is -2.36. The Morgan fingerprint density at radius 2 is 1.67 bits per heavy atom. The second-order valence-corrected chi connectivity index (χ2v) is 9.52. The molecule has 7 nitrogen and oxygen atoms in total. The molecule has 0 aliphatic heterocycles. The van der Waals surface area contributed by atoms with Crippen molar-refractivity contribution in [2.75, 3.05) is 16.1 Å². The summed E-state index contributed by atoms with van der Waals surface area (Å²) in [7, 11) is 0. The molecule has 0 unspecified atom stereocenters. The normalized spacial score (nSPS) is 10.8. The molecule has 3 aromatic carbocycles. The number of aryl methyl sites for hydroxylation is 1. The molecule has 184 valence electrons. The first kappa shape index (κ1) is 25.5. The molecule has 0 aliphatic rings. The topological polar surface area (TPSA) is 92.2 Å². The largest absolute Gasteiger partial charge is 0.328 e. The summed E-state index contributed by atoms with van der Waals surface area (Å²) in [5.41, 5.74) is 5.32. The van der Waals surface area contributed by atoms with E-state index in [1.54, 1.807) is 54.6 Å². The summed E-state index contributed by atoms with van der Waals surface area (Å²) < 4.78 is 2.10. The van der Waals surface area contributed by atoms with E-state index in [0.29, 0.717) is 27.3 Å². The molecule has 0 bridgehead atoms. The van der Waals surface area contributed by atoms with Crippen molar-refractivity contribution in [1.82, 2.24) is 4.68 Å². The van der Waals surface area contributed by atoms with Gasteiger partial charge in [-0.2, -0.15) is 0 Å². The Bertz CT molecular complexity index is 1430. The number of rotatable bonds is 7. The van der Waals surface area contributed by atoms with E-state index in [0.717, 1.165) is 23.7 Å². The number of carbonyl (C=O) groups is 3. The highest BCUT2D eigenvalue weighted by molar-refractivity contribution is 9.10. The van der Waals surface area contributed by atoms with Gasteiger partial charge in [-0.1, -0.05) is 65.1 Å². The summed E-state index contributed by atoms with van der Waals surface area (Å²) in [5.74, 6) is -2.27. The maximum atomic E-state index is 13.1. The van der Waals surface area contributed by atoms with E-state index in [1.807, 2.05) is 18.2 Å². The number of para-hydroxylation sites is 1. The van der Waals surface area contributed by atoms with Crippen LogP contribution < -0.4 is 16.1 Å². The molecular formula is C27H24BrClN4O3. The maximum absolute atomic E-state index is 13.1. The van der Waals surface area contributed by atoms with Gasteiger partial charge in [0.05, 0.1) is 16.2 Å². The number of nitrogens with zero attached hydrogens (tertiary/aromatic N) is 1. The third-order valence-corrected chi connectivity index (χ3v) is 6.39. The first-order valence-electron chi connectivity index (χ1n) is 11.4. The maximum Gasteiger partial charge on any atom is 0.328 e. The van der Waals surface area contributed by atoms with Gasteiger partial charge in [-0.15, -0.1) is 0 Å². The molecule has 0 radical (unpaired) electrons. The number of hydrogen-bond donors (Lipinski definition) is 3. The molecule has 0 saturated heterocycles. The lowest BCUT2D eigenvalue weighted by atomic mass is 10.1. The third kappa shape index (κ3) is 5.95. The first-order chi connectivity index (χ1) is 17.4.